The van der Waals surface area contributed by atoms with E-state index in [1.807, 2.05) is 35.2 Å². The number of anilines is 1. The summed E-state index contributed by atoms with van der Waals surface area (Å²) in [5.74, 6) is 1.15. The predicted molar refractivity (Wildman–Crippen MR) is 108 cm³/mol. The van der Waals surface area contributed by atoms with Crippen LogP contribution in [0.1, 0.15) is 19.8 Å². The Kier molecular flexibility index (Phi) is 4.94. The average Bonchev–Trinajstić information content (AvgIpc) is 3.11. The van der Waals surface area contributed by atoms with Gasteiger partial charge in [0, 0.05) is 24.8 Å². The van der Waals surface area contributed by atoms with Crippen molar-refractivity contribution in [3.8, 4) is 17.0 Å². The van der Waals surface area contributed by atoms with Gasteiger partial charge < -0.3 is 9.64 Å². The van der Waals surface area contributed by atoms with Crippen molar-refractivity contribution in [2.75, 3.05) is 25.5 Å². The van der Waals surface area contributed by atoms with Crippen molar-refractivity contribution in [1.82, 2.24) is 14.9 Å². The number of urea groups is 1. The van der Waals surface area contributed by atoms with Gasteiger partial charge in [-0.05, 0) is 24.3 Å². The fourth-order valence-electron chi connectivity index (χ4n) is 3.30. The van der Waals surface area contributed by atoms with Crippen molar-refractivity contribution >= 4 is 32.7 Å². The molecular weight excluding hydrogens is 360 g/mol. The van der Waals surface area contributed by atoms with Gasteiger partial charge in [0.1, 0.15) is 5.52 Å². The van der Waals surface area contributed by atoms with Crippen molar-refractivity contribution in [3.05, 3.63) is 36.5 Å². The van der Waals surface area contributed by atoms with Gasteiger partial charge in [-0.2, -0.15) is 0 Å². The lowest BCUT2D eigenvalue weighted by Gasteiger charge is -2.29. The number of carbonyl (C=O) groups is 1. The maximum atomic E-state index is 12.6. The number of aromatic nitrogens is 2. The summed E-state index contributed by atoms with van der Waals surface area (Å²) in [6, 6.07) is 9.95. The first-order valence-electron chi connectivity index (χ1n) is 9.10. The van der Waals surface area contributed by atoms with Crippen LogP contribution < -0.4 is 10.1 Å². The molecule has 1 aromatic carbocycles. The van der Waals surface area contributed by atoms with Crippen molar-refractivity contribution < 1.29 is 9.53 Å². The van der Waals surface area contributed by atoms with E-state index in [1.165, 1.54) is 11.3 Å². The van der Waals surface area contributed by atoms with E-state index in [4.69, 9.17) is 4.74 Å². The van der Waals surface area contributed by atoms with E-state index in [0.717, 1.165) is 41.8 Å². The highest BCUT2D eigenvalue weighted by Crippen LogP contribution is 2.38. The van der Waals surface area contributed by atoms with E-state index in [-0.39, 0.29) is 6.03 Å². The summed E-state index contributed by atoms with van der Waals surface area (Å²) in [4.78, 5) is 23.4. The highest BCUT2D eigenvalue weighted by Gasteiger charge is 2.22. The zero-order chi connectivity index (χ0) is 18.8. The van der Waals surface area contributed by atoms with E-state index in [0.29, 0.717) is 22.4 Å². The van der Waals surface area contributed by atoms with E-state index in [1.54, 1.807) is 13.3 Å². The molecule has 0 radical (unpaired) electrons. The molecule has 3 aromatic rings. The molecule has 0 bridgehead atoms. The summed E-state index contributed by atoms with van der Waals surface area (Å²) in [7, 11) is 1.58. The molecule has 0 saturated carbocycles. The summed E-state index contributed by atoms with van der Waals surface area (Å²) >= 11 is 1.45. The standard InChI is InChI=1S/C20H22N4O2S/c1-13-8-10-24(11-9-13)20(25)23-19-22-16-17(27-19)15(12-21-18(16)26-2)14-6-4-3-5-7-14/h3-7,12-13H,8-11H2,1-2H3,(H,22,23,25). The molecule has 0 spiro atoms. The van der Waals surface area contributed by atoms with Crippen LogP contribution in [0.15, 0.2) is 36.5 Å². The molecule has 1 fully saturated rings. The number of benzene rings is 1. The quantitative estimate of drug-likeness (QED) is 0.717. The van der Waals surface area contributed by atoms with Crippen LogP contribution in [0.2, 0.25) is 0 Å². The Balaban J connectivity index is 1.65. The van der Waals surface area contributed by atoms with E-state index in [2.05, 4.69) is 22.2 Å². The van der Waals surface area contributed by atoms with Crippen molar-refractivity contribution in [1.29, 1.82) is 0 Å². The number of nitrogens with one attached hydrogen (secondary N) is 1. The van der Waals surface area contributed by atoms with E-state index in [9.17, 15) is 4.79 Å². The number of nitrogens with zero attached hydrogens (tertiary/aromatic N) is 3. The molecule has 0 unspecified atom stereocenters. The van der Waals surface area contributed by atoms with Gasteiger partial charge in [0.25, 0.3) is 0 Å². The van der Waals surface area contributed by atoms with Gasteiger partial charge in [0.2, 0.25) is 5.88 Å². The fraction of sp³-hybridized carbons (Fsp3) is 0.350. The summed E-state index contributed by atoms with van der Waals surface area (Å²) in [6.07, 6.45) is 3.89. The van der Waals surface area contributed by atoms with Crippen LogP contribution in [0.3, 0.4) is 0 Å². The SMILES string of the molecule is COc1ncc(-c2ccccc2)c2sc(NC(=O)N3CCC(C)CC3)nc12. The van der Waals surface area contributed by atoms with Gasteiger partial charge in [-0.3, -0.25) is 5.32 Å². The van der Waals surface area contributed by atoms with Gasteiger partial charge in [-0.25, -0.2) is 14.8 Å². The van der Waals surface area contributed by atoms with Crippen molar-refractivity contribution in [3.63, 3.8) is 0 Å². The monoisotopic (exact) mass is 382 g/mol. The molecule has 2 aromatic heterocycles. The third-order valence-corrected chi connectivity index (χ3v) is 5.95. The highest BCUT2D eigenvalue weighted by atomic mass is 32.1. The van der Waals surface area contributed by atoms with E-state index < -0.39 is 0 Å². The lowest BCUT2D eigenvalue weighted by Crippen LogP contribution is -2.40. The van der Waals surface area contributed by atoms with Crippen molar-refractivity contribution in [2.24, 2.45) is 5.92 Å². The third-order valence-electron chi connectivity index (χ3n) is 4.95. The number of amides is 2. The Bertz CT molecular complexity index is 949. The minimum absolute atomic E-state index is 0.0888. The molecule has 1 aliphatic rings. The van der Waals surface area contributed by atoms with Gasteiger partial charge in [0.05, 0.1) is 11.8 Å². The molecule has 140 valence electrons. The highest BCUT2D eigenvalue weighted by molar-refractivity contribution is 7.23. The van der Waals surface area contributed by atoms with Crippen LogP contribution in [-0.2, 0) is 0 Å². The van der Waals surface area contributed by atoms with E-state index >= 15 is 0 Å². The van der Waals surface area contributed by atoms with Crippen LogP contribution in [0, 0.1) is 5.92 Å². The maximum Gasteiger partial charge on any atom is 0.323 e. The normalized spacial score (nSPS) is 15.1. The smallest absolute Gasteiger partial charge is 0.323 e. The first-order valence-corrected chi connectivity index (χ1v) is 9.92. The first-order chi connectivity index (χ1) is 13.2. The number of pyridine rings is 1. The largest absolute Gasteiger partial charge is 0.479 e. The van der Waals surface area contributed by atoms with Crippen LogP contribution in [0.25, 0.3) is 21.3 Å². The summed E-state index contributed by atoms with van der Waals surface area (Å²) in [6.45, 7) is 3.81. The molecule has 1 N–H and O–H groups in total. The molecule has 2 amide bonds. The average molecular weight is 382 g/mol. The molecule has 4 rings (SSSR count). The number of methoxy groups -OCH3 is 1. The van der Waals surface area contributed by atoms with Crippen LogP contribution in [0.5, 0.6) is 5.88 Å². The number of ether oxygens (including phenoxy) is 1. The van der Waals surface area contributed by atoms with Gasteiger partial charge in [0.15, 0.2) is 5.13 Å². The lowest BCUT2D eigenvalue weighted by atomic mass is 10.00. The molecule has 1 aliphatic heterocycles. The van der Waals surface area contributed by atoms with Gasteiger partial charge >= 0.3 is 6.03 Å². The lowest BCUT2D eigenvalue weighted by molar-refractivity contribution is 0.186. The first kappa shape index (κ1) is 17.7. The number of likely N-dealkylation sites (tertiary alicyclic amines) is 1. The minimum Gasteiger partial charge on any atom is -0.479 e. The number of thiazole rings is 1. The molecule has 3 heterocycles. The van der Waals surface area contributed by atoms with Crippen molar-refractivity contribution in [2.45, 2.75) is 19.8 Å². The Hall–Kier alpha value is -2.67. The molecule has 7 heteroatoms. The number of piperidine rings is 1. The van der Waals surface area contributed by atoms with Crippen LogP contribution in [-0.4, -0.2) is 41.1 Å². The zero-order valence-electron chi connectivity index (χ0n) is 15.4. The second-order valence-corrected chi connectivity index (χ2v) is 7.84. The second-order valence-electron chi connectivity index (χ2n) is 6.84. The third kappa shape index (κ3) is 3.60. The Morgan fingerprint density at radius 1 is 1.26 bits per heavy atom. The number of rotatable bonds is 3. The van der Waals surface area contributed by atoms with Crippen LogP contribution in [0.4, 0.5) is 9.93 Å². The fourth-order valence-corrected chi connectivity index (χ4v) is 4.28. The molecule has 6 nitrogen and oxygen atoms in total. The molecule has 0 atom stereocenters. The summed E-state index contributed by atoms with van der Waals surface area (Å²) in [5, 5.41) is 3.52. The van der Waals surface area contributed by atoms with Gasteiger partial charge in [-0.1, -0.05) is 48.6 Å². The Morgan fingerprint density at radius 3 is 2.70 bits per heavy atom. The van der Waals surface area contributed by atoms with Crippen LogP contribution >= 0.6 is 11.3 Å². The molecule has 1 saturated heterocycles. The summed E-state index contributed by atoms with van der Waals surface area (Å²) < 4.78 is 6.33. The molecule has 0 aliphatic carbocycles. The Labute approximate surface area is 162 Å². The molecule has 27 heavy (non-hydrogen) atoms. The number of hydrogen-bond acceptors (Lipinski definition) is 5. The number of carbonyl (C=O) groups excluding carboxylic acids is 1. The second kappa shape index (κ2) is 7.52. The zero-order valence-corrected chi connectivity index (χ0v) is 16.3. The number of hydrogen-bond donors (Lipinski definition) is 1. The van der Waals surface area contributed by atoms with Gasteiger partial charge in [-0.15, -0.1) is 0 Å². The summed E-state index contributed by atoms with van der Waals surface area (Å²) in [5.41, 5.74) is 2.71. The Morgan fingerprint density at radius 2 is 2.00 bits per heavy atom. The molecular formula is C20H22N4O2S. The predicted octanol–water partition coefficient (Wildman–Crippen LogP) is 4.63. The topological polar surface area (TPSA) is 67.3 Å². The maximum absolute atomic E-state index is 12.6. The minimum atomic E-state index is -0.0888. The number of fused-ring (bicyclic) bond motifs is 1.